The third-order valence-corrected chi connectivity index (χ3v) is 1.92. The van der Waals surface area contributed by atoms with E-state index in [0.29, 0.717) is 6.54 Å². The van der Waals surface area contributed by atoms with E-state index in [0.717, 1.165) is 6.20 Å². The molecule has 7 heteroatoms. The Hall–Kier alpha value is -1.43. The van der Waals surface area contributed by atoms with Gasteiger partial charge < -0.3 is 10.6 Å². The molecule has 1 rings (SSSR count). The number of aromatic nitrogens is 2. The minimum Gasteiger partial charge on any atom is -0.367 e. The Bertz CT molecular complexity index is 375. The number of anilines is 1. The largest absolute Gasteiger partial charge is 0.367 e. The van der Waals surface area contributed by atoms with E-state index in [1.807, 2.05) is 6.92 Å². The van der Waals surface area contributed by atoms with E-state index in [4.69, 9.17) is 11.6 Å². The number of carbonyl (C=O) groups excluding carboxylic acids is 1. The van der Waals surface area contributed by atoms with Crippen LogP contribution in [0.25, 0.3) is 0 Å². The number of nitrogens with zero attached hydrogens (tertiary/aromatic N) is 2. The Morgan fingerprint density at radius 1 is 1.62 bits per heavy atom. The van der Waals surface area contributed by atoms with E-state index in [-0.39, 0.29) is 30.0 Å². The first-order valence-corrected chi connectivity index (χ1v) is 5.20. The van der Waals surface area contributed by atoms with Crippen molar-refractivity contribution in [3.8, 4) is 0 Å². The summed E-state index contributed by atoms with van der Waals surface area (Å²) in [4.78, 5) is 18.2. The first kappa shape index (κ1) is 12.6. The predicted octanol–water partition coefficient (Wildman–Crippen LogP) is 1.21. The van der Waals surface area contributed by atoms with E-state index in [1.165, 1.54) is 0 Å². The van der Waals surface area contributed by atoms with Gasteiger partial charge in [-0.25, -0.2) is 9.37 Å². The summed E-state index contributed by atoms with van der Waals surface area (Å²) in [5.74, 6) is -0.694. The zero-order valence-corrected chi connectivity index (χ0v) is 9.51. The summed E-state index contributed by atoms with van der Waals surface area (Å²) in [6.45, 7) is 2.69. The lowest BCUT2D eigenvalue weighted by atomic mass is 10.4. The van der Waals surface area contributed by atoms with Crippen LogP contribution in [0, 0.1) is 5.82 Å². The Kier molecular flexibility index (Phi) is 4.91. The van der Waals surface area contributed by atoms with Crippen LogP contribution in [0.5, 0.6) is 0 Å². The molecule has 0 radical (unpaired) electrons. The second-order valence-electron chi connectivity index (χ2n) is 2.97. The van der Waals surface area contributed by atoms with Gasteiger partial charge in [-0.3, -0.25) is 4.79 Å². The maximum atomic E-state index is 13.1. The van der Waals surface area contributed by atoms with Crippen molar-refractivity contribution in [2.24, 2.45) is 0 Å². The van der Waals surface area contributed by atoms with Crippen LogP contribution in [0.15, 0.2) is 6.20 Å². The molecule has 1 heterocycles. The number of halogens is 2. The van der Waals surface area contributed by atoms with E-state index in [9.17, 15) is 9.18 Å². The molecule has 0 aliphatic carbocycles. The molecule has 0 fully saturated rings. The highest BCUT2D eigenvalue weighted by Gasteiger charge is 2.06. The molecule has 1 aromatic rings. The molecule has 0 aliphatic rings. The molecular formula is C9H12ClFN4O. The van der Waals surface area contributed by atoms with Gasteiger partial charge in [-0.2, -0.15) is 4.98 Å². The van der Waals surface area contributed by atoms with Gasteiger partial charge >= 0.3 is 0 Å². The van der Waals surface area contributed by atoms with Crippen molar-refractivity contribution in [2.45, 2.75) is 13.3 Å². The van der Waals surface area contributed by atoms with Crippen molar-refractivity contribution >= 4 is 23.3 Å². The van der Waals surface area contributed by atoms with Gasteiger partial charge in [0.1, 0.15) is 0 Å². The van der Waals surface area contributed by atoms with Crippen molar-refractivity contribution in [1.29, 1.82) is 0 Å². The molecule has 0 spiro atoms. The predicted molar refractivity (Wildman–Crippen MR) is 58.8 cm³/mol. The normalized spacial score (nSPS) is 9.94. The van der Waals surface area contributed by atoms with E-state index >= 15 is 0 Å². The van der Waals surface area contributed by atoms with Crippen molar-refractivity contribution in [1.82, 2.24) is 15.3 Å². The second kappa shape index (κ2) is 6.22. The van der Waals surface area contributed by atoms with Gasteiger partial charge in [0.15, 0.2) is 11.6 Å². The lowest BCUT2D eigenvalue weighted by molar-refractivity contribution is -0.120. The Labute approximate surface area is 97.4 Å². The fourth-order valence-electron chi connectivity index (χ4n) is 1.05. The Balaban J connectivity index is 2.42. The molecule has 0 saturated heterocycles. The number of hydrogen-bond acceptors (Lipinski definition) is 4. The lowest BCUT2D eigenvalue weighted by Gasteiger charge is -2.06. The second-order valence-corrected chi connectivity index (χ2v) is 3.30. The molecule has 16 heavy (non-hydrogen) atoms. The summed E-state index contributed by atoms with van der Waals surface area (Å²) in [7, 11) is 0. The highest BCUT2D eigenvalue weighted by Crippen LogP contribution is 2.11. The molecule has 0 saturated carbocycles. The van der Waals surface area contributed by atoms with Gasteiger partial charge in [0.25, 0.3) is 0 Å². The number of rotatable bonds is 5. The highest BCUT2D eigenvalue weighted by molar-refractivity contribution is 6.28. The first-order valence-electron chi connectivity index (χ1n) is 4.82. The van der Waals surface area contributed by atoms with Gasteiger partial charge in [0.05, 0.1) is 6.20 Å². The third kappa shape index (κ3) is 3.98. The van der Waals surface area contributed by atoms with Gasteiger partial charge in [-0.05, 0) is 18.5 Å². The SMILES string of the molecule is CCNC(=O)CCNc1nc(Cl)ncc1F. The van der Waals surface area contributed by atoms with Gasteiger partial charge in [-0.1, -0.05) is 0 Å². The van der Waals surface area contributed by atoms with E-state index in [1.54, 1.807) is 0 Å². The van der Waals surface area contributed by atoms with Crippen LogP contribution < -0.4 is 10.6 Å². The third-order valence-electron chi connectivity index (χ3n) is 1.73. The molecule has 0 aliphatic heterocycles. The van der Waals surface area contributed by atoms with Crippen LogP contribution in [0.2, 0.25) is 5.28 Å². The standard InChI is InChI=1S/C9H12ClFN4O/c1-2-12-7(16)3-4-13-8-6(11)5-14-9(10)15-8/h5H,2-4H2,1H3,(H,12,16)(H,13,14,15). The zero-order chi connectivity index (χ0) is 12.0. The summed E-state index contributed by atoms with van der Waals surface area (Å²) in [6, 6.07) is 0. The molecule has 88 valence electrons. The smallest absolute Gasteiger partial charge is 0.224 e. The zero-order valence-electron chi connectivity index (χ0n) is 8.76. The van der Waals surface area contributed by atoms with Crippen LogP contribution in [0.4, 0.5) is 10.2 Å². The average Bonchev–Trinajstić information content (AvgIpc) is 2.23. The summed E-state index contributed by atoms with van der Waals surface area (Å²) in [6.07, 6.45) is 1.22. The number of nitrogens with one attached hydrogen (secondary N) is 2. The number of carbonyl (C=O) groups is 1. The number of hydrogen-bond donors (Lipinski definition) is 2. The summed E-state index contributed by atoms with van der Waals surface area (Å²) < 4.78 is 13.1. The summed E-state index contributed by atoms with van der Waals surface area (Å²) >= 11 is 5.50. The van der Waals surface area contributed by atoms with Gasteiger partial charge in [0.2, 0.25) is 11.2 Å². The van der Waals surface area contributed by atoms with Gasteiger partial charge in [-0.15, -0.1) is 0 Å². The maximum absolute atomic E-state index is 13.1. The van der Waals surface area contributed by atoms with Crippen molar-refractivity contribution in [2.75, 3.05) is 18.4 Å². The quantitative estimate of drug-likeness (QED) is 0.767. The molecule has 0 bridgehead atoms. The monoisotopic (exact) mass is 246 g/mol. The number of amides is 1. The lowest BCUT2D eigenvalue weighted by Crippen LogP contribution is -2.25. The van der Waals surface area contributed by atoms with E-state index < -0.39 is 5.82 Å². The van der Waals surface area contributed by atoms with Crippen LogP contribution in [0.3, 0.4) is 0 Å². The molecule has 0 aromatic carbocycles. The first-order chi connectivity index (χ1) is 7.63. The molecule has 2 N–H and O–H groups in total. The van der Waals surface area contributed by atoms with Crippen molar-refractivity contribution in [3.05, 3.63) is 17.3 Å². The molecule has 5 nitrogen and oxygen atoms in total. The highest BCUT2D eigenvalue weighted by atomic mass is 35.5. The van der Waals surface area contributed by atoms with Crippen LogP contribution in [-0.4, -0.2) is 29.0 Å². The van der Waals surface area contributed by atoms with Crippen molar-refractivity contribution < 1.29 is 9.18 Å². The Morgan fingerprint density at radius 3 is 3.06 bits per heavy atom. The van der Waals surface area contributed by atoms with Crippen LogP contribution in [0.1, 0.15) is 13.3 Å². The minimum atomic E-state index is -0.597. The van der Waals surface area contributed by atoms with E-state index in [2.05, 4.69) is 20.6 Å². The van der Waals surface area contributed by atoms with Crippen LogP contribution in [-0.2, 0) is 4.79 Å². The Morgan fingerprint density at radius 2 is 2.38 bits per heavy atom. The fraction of sp³-hybridized carbons (Fsp3) is 0.444. The maximum Gasteiger partial charge on any atom is 0.224 e. The molecule has 1 aromatic heterocycles. The molecule has 1 amide bonds. The molecular weight excluding hydrogens is 235 g/mol. The molecule has 0 unspecified atom stereocenters. The summed E-state index contributed by atoms with van der Waals surface area (Å²) in [5, 5.41) is 5.26. The van der Waals surface area contributed by atoms with Crippen LogP contribution >= 0.6 is 11.6 Å². The topological polar surface area (TPSA) is 66.9 Å². The fourth-order valence-corrected chi connectivity index (χ4v) is 1.18. The molecule has 0 atom stereocenters. The van der Waals surface area contributed by atoms with Gasteiger partial charge in [0, 0.05) is 19.5 Å². The summed E-state index contributed by atoms with van der Waals surface area (Å²) in [5.41, 5.74) is 0. The average molecular weight is 247 g/mol. The van der Waals surface area contributed by atoms with Crippen molar-refractivity contribution in [3.63, 3.8) is 0 Å². The minimum absolute atomic E-state index is 0.00398.